The number of nitrogens with one attached hydrogen (secondary N) is 3. The molecule has 0 atom stereocenters. The number of fused-ring (bicyclic) bond motifs is 1. The number of quaternary nitrogens is 1. The van der Waals surface area contributed by atoms with Crippen LogP contribution in [0.25, 0.3) is 10.9 Å². The van der Waals surface area contributed by atoms with Crippen LogP contribution >= 0.6 is 0 Å². The molecule has 7 heteroatoms. The molecule has 3 rings (SSSR count). The minimum Gasteiger partial charge on any atom is -0.495 e. The maximum Gasteiger partial charge on any atom is 0.322 e. The molecule has 0 saturated carbocycles. The predicted molar refractivity (Wildman–Crippen MR) is 124 cm³/mol. The molecule has 2 aromatic carbocycles. The van der Waals surface area contributed by atoms with Crippen molar-refractivity contribution in [3.8, 4) is 5.75 Å². The normalized spacial score (nSPS) is 11.0. The van der Waals surface area contributed by atoms with Gasteiger partial charge in [0.1, 0.15) is 5.75 Å². The van der Waals surface area contributed by atoms with Crippen LogP contribution in [0.2, 0.25) is 0 Å². The number of aromatic amines is 1. The summed E-state index contributed by atoms with van der Waals surface area (Å²) in [6.45, 7) is 3.68. The van der Waals surface area contributed by atoms with Crippen molar-refractivity contribution in [2.45, 2.75) is 19.9 Å². The Morgan fingerprint density at radius 1 is 1.16 bits per heavy atom. The van der Waals surface area contributed by atoms with Gasteiger partial charge in [-0.1, -0.05) is 24.3 Å². The zero-order chi connectivity index (χ0) is 22.4. The number of ether oxygens (including phenoxy) is 1. The smallest absolute Gasteiger partial charge is 0.322 e. The van der Waals surface area contributed by atoms with Gasteiger partial charge in [-0.2, -0.15) is 0 Å². The van der Waals surface area contributed by atoms with E-state index in [1.807, 2.05) is 43.3 Å². The Morgan fingerprint density at radius 3 is 2.68 bits per heavy atom. The number of benzene rings is 2. The third kappa shape index (κ3) is 5.86. The number of amides is 2. The number of pyridine rings is 1. The molecule has 3 N–H and O–H groups in total. The van der Waals surface area contributed by atoms with Crippen molar-refractivity contribution in [2.75, 3.05) is 39.6 Å². The van der Waals surface area contributed by atoms with Crippen LogP contribution in [0.1, 0.15) is 17.5 Å². The summed E-state index contributed by atoms with van der Waals surface area (Å²) >= 11 is 0. The third-order valence-electron chi connectivity index (χ3n) is 5.18. The highest BCUT2D eigenvalue weighted by molar-refractivity contribution is 5.91. The SMILES string of the molecule is COc1ccccc1NC(=O)N(CCC[NH+](C)C)Cc1cc2ccc(C)cc2[nH]c1=O. The minimum atomic E-state index is -0.262. The number of carbonyl (C=O) groups is 1. The highest BCUT2D eigenvalue weighted by Crippen LogP contribution is 2.23. The van der Waals surface area contributed by atoms with Crippen LogP contribution in [0.3, 0.4) is 0 Å². The lowest BCUT2D eigenvalue weighted by atomic mass is 10.1. The fourth-order valence-electron chi connectivity index (χ4n) is 3.50. The van der Waals surface area contributed by atoms with Crippen LogP contribution in [0.5, 0.6) is 5.75 Å². The van der Waals surface area contributed by atoms with Gasteiger partial charge in [0.05, 0.1) is 40.0 Å². The van der Waals surface area contributed by atoms with Gasteiger partial charge in [0.25, 0.3) is 5.56 Å². The van der Waals surface area contributed by atoms with E-state index in [9.17, 15) is 9.59 Å². The van der Waals surface area contributed by atoms with Crippen molar-refractivity contribution >= 4 is 22.6 Å². The summed E-state index contributed by atoms with van der Waals surface area (Å²) in [7, 11) is 5.73. The van der Waals surface area contributed by atoms with E-state index in [4.69, 9.17) is 4.74 Å². The summed E-state index contributed by atoms with van der Waals surface area (Å²) in [6, 6.07) is 14.8. The zero-order valence-electron chi connectivity index (χ0n) is 18.6. The van der Waals surface area contributed by atoms with E-state index in [-0.39, 0.29) is 18.1 Å². The van der Waals surface area contributed by atoms with E-state index < -0.39 is 0 Å². The first-order valence-corrected chi connectivity index (χ1v) is 10.5. The second-order valence-corrected chi connectivity index (χ2v) is 8.08. The average Bonchev–Trinajstić information content (AvgIpc) is 2.73. The number of H-pyrrole nitrogens is 1. The largest absolute Gasteiger partial charge is 0.495 e. The summed E-state index contributed by atoms with van der Waals surface area (Å²) in [5, 5.41) is 3.87. The lowest BCUT2D eigenvalue weighted by Gasteiger charge is -2.24. The minimum absolute atomic E-state index is 0.175. The van der Waals surface area contributed by atoms with E-state index in [0.717, 1.165) is 29.4 Å². The van der Waals surface area contributed by atoms with Gasteiger partial charge >= 0.3 is 6.03 Å². The highest BCUT2D eigenvalue weighted by atomic mass is 16.5. The van der Waals surface area contributed by atoms with E-state index in [2.05, 4.69) is 24.4 Å². The number of methoxy groups -OCH3 is 1. The number of rotatable bonds is 8. The van der Waals surface area contributed by atoms with Gasteiger partial charge in [0, 0.05) is 24.0 Å². The van der Waals surface area contributed by atoms with Crippen molar-refractivity contribution in [3.63, 3.8) is 0 Å². The molecule has 0 unspecified atom stereocenters. The summed E-state index contributed by atoms with van der Waals surface area (Å²) in [5.41, 5.74) is 2.87. The molecule has 3 aromatic rings. The Bertz CT molecular complexity index is 1110. The van der Waals surface area contributed by atoms with Gasteiger partial charge in [0.15, 0.2) is 0 Å². The molecule has 0 aliphatic rings. The van der Waals surface area contributed by atoms with Gasteiger partial charge in [-0.05, 0) is 42.1 Å². The van der Waals surface area contributed by atoms with E-state index in [1.165, 1.54) is 4.90 Å². The fourth-order valence-corrected chi connectivity index (χ4v) is 3.50. The van der Waals surface area contributed by atoms with Gasteiger partial charge in [-0.3, -0.25) is 4.79 Å². The molecule has 0 bridgehead atoms. The van der Waals surface area contributed by atoms with E-state index in [1.54, 1.807) is 24.1 Å². The molecule has 0 spiro atoms. The van der Waals surface area contributed by atoms with Crippen molar-refractivity contribution in [1.82, 2.24) is 9.88 Å². The number of aryl methyl sites for hydroxylation is 1. The number of urea groups is 1. The molecule has 7 nitrogen and oxygen atoms in total. The van der Waals surface area contributed by atoms with Crippen molar-refractivity contribution in [1.29, 1.82) is 0 Å². The monoisotopic (exact) mass is 423 g/mol. The Balaban J connectivity index is 1.85. The topological polar surface area (TPSA) is 78.9 Å². The van der Waals surface area contributed by atoms with Crippen molar-refractivity contribution in [3.05, 3.63) is 70.0 Å². The summed E-state index contributed by atoms with van der Waals surface area (Å²) < 4.78 is 5.34. The average molecular weight is 424 g/mol. The van der Waals surface area contributed by atoms with Crippen LogP contribution in [0, 0.1) is 6.92 Å². The number of nitrogens with zero attached hydrogens (tertiary/aromatic N) is 1. The van der Waals surface area contributed by atoms with Gasteiger partial charge in [0.2, 0.25) is 0 Å². The van der Waals surface area contributed by atoms with Crippen LogP contribution in [-0.4, -0.2) is 50.2 Å². The third-order valence-corrected chi connectivity index (χ3v) is 5.18. The number of para-hydroxylation sites is 2. The zero-order valence-corrected chi connectivity index (χ0v) is 18.6. The summed E-state index contributed by atoms with van der Waals surface area (Å²) in [6.07, 6.45) is 0.826. The lowest BCUT2D eigenvalue weighted by molar-refractivity contribution is -0.858. The van der Waals surface area contributed by atoms with E-state index in [0.29, 0.717) is 23.5 Å². The molecular formula is C24H31N4O3+. The van der Waals surface area contributed by atoms with Crippen LogP contribution in [0.4, 0.5) is 10.5 Å². The number of aromatic nitrogens is 1. The first-order valence-electron chi connectivity index (χ1n) is 10.5. The van der Waals surface area contributed by atoms with Gasteiger partial charge in [-0.15, -0.1) is 0 Å². The Labute approximate surface area is 182 Å². The second-order valence-electron chi connectivity index (χ2n) is 8.08. The highest BCUT2D eigenvalue weighted by Gasteiger charge is 2.18. The standard InChI is InChI=1S/C24H30N4O3/c1-17-10-11-18-15-19(23(29)25-21(18)14-17)16-28(13-7-12-27(2)3)24(30)26-20-8-5-6-9-22(20)31-4/h5-6,8-11,14-15H,7,12-13,16H2,1-4H3,(H,25,29)(H,26,30)/p+1. The molecule has 0 aliphatic heterocycles. The molecule has 1 heterocycles. The summed E-state index contributed by atoms with van der Waals surface area (Å²) in [5.74, 6) is 0.590. The number of carbonyl (C=O) groups excluding carboxylic acids is 1. The number of anilines is 1. The molecule has 0 radical (unpaired) electrons. The Kier molecular flexibility index (Phi) is 7.31. The lowest BCUT2D eigenvalue weighted by Crippen LogP contribution is -3.05. The Morgan fingerprint density at radius 2 is 1.94 bits per heavy atom. The molecule has 0 saturated heterocycles. The summed E-state index contributed by atoms with van der Waals surface area (Å²) in [4.78, 5) is 31.8. The van der Waals surface area contributed by atoms with Crippen LogP contribution in [0.15, 0.2) is 53.3 Å². The maximum absolute atomic E-state index is 13.1. The van der Waals surface area contributed by atoms with Crippen molar-refractivity contribution < 1.29 is 14.4 Å². The maximum atomic E-state index is 13.1. The van der Waals surface area contributed by atoms with Crippen LogP contribution < -0.4 is 20.5 Å². The van der Waals surface area contributed by atoms with Gasteiger partial charge < -0.3 is 24.8 Å². The molecule has 2 amide bonds. The first kappa shape index (κ1) is 22.4. The molecular weight excluding hydrogens is 392 g/mol. The molecule has 0 fully saturated rings. The Hall–Kier alpha value is -3.32. The van der Waals surface area contributed by atoms with Crippen molar-refractivity contribution in [2.24, 2.45) is 0 Å². The van der Waals surface area contributed by atoms with Crippen LogP contribution in [-0.2, 0) is 6.54 Å². The molecule has 0 aliphatic carbocycles. The van der Waals surface area contributed by atoms with E-state index >= 15 is 0 Å². The number of hydrogen-bond donors (Lipinski definition) is 3. The molecule has 164 valence electrons. The second kappa shape index (κ2) is 10.1. The quantitative estimate of drug-likeness (QED) is 0.521. The fraction of sp³-hybridized carbons (Fsp3) is 0.333. The number of hydrogen-bond acceptors (Lipinski definition) is 3. The van der Waals surface area contributed by atoms with Gasteiger partial charge in [-0.25, -0.2) is 4.79 Å². The first-order chi connectivity index (χ1) is 14.9. The molecule has 1 aromatic heterocycles. The predicted octanol–water partition coefficient (Wildman–Crippen LogP) is 2.41. The molecule has 31 heavy (non-hydrogen) atoms.